The van der Waals surface area contributed by atoms with Crippen molar-refractivity contribution in [2.45, 2.75) is 32.2 Å². The Hall–Kier alpha value is -2.51. The van der Waals surface area contributed by atoms with Gasteiger partial charge in [-0.15, -0.1) is 0 Å². The summed E-state index contributed by atoms with van der Waals surface area (Å²) in [6.45, 7) is 5.72. The minimum absolute atomic E-state index is 0.0614. The van der Waals surface area contributed by atoms with E-state index in [1.54, 1.807) is 18.2 Å². The van der Waals surface area contributed by atoms with Gasteiger partial charge in [0.2, 0.25) is 21.7 Å². The number of hydrogen-bond acceptors (Lipinski definition) is 5. The van der Waals surface area contributed by atoms with Crippen molar-refractivity contribution in [3.8, 4) is 11.4 Å². The van der Waals surface area contributed by atoms with E-state index in [1.807, 2.05) is 45.0 Å². The molecule has 0 fully saturated rings. The molecule has 0 aliphatic heterocycles. The number of sulfonamides is 1. The van der Waals surface area contributed by atoms with Crippen molar-refractivity contribution in [2.24, 2.45) is 0 Å². The Bertz CT molecular complexity index is 1010. The van der Waals surface area contributed by atoms with Gasteiger partial charge in [-0.1, -0.05) is 35.0 Å². The van der Waals surface area contributed by atoms with Gasteiger partial charge in [0, 0.05) is 5.56 Å². The highest BCUT2D eigenvalue weighted by molar-refractivity contribution is 7.89. The van der Waals surface area contributed by atoms with Crippen LogP contribution in [0.15, 0.2) is 51.9 Å². The molecule has 1 aromatic heterocycles. The molecular formula is C18H19N3O3S. The molecule has 1 heterocycles. The first kappa shape index (κ1) is 17.3. The van der Waals surface area contributed by atoms with Crippen LogP contribution in [-0.2, 0) is 16.6 Å². The summed E-state index contributed by atoms with van der Waals surface area (Å²) in [4.78, 5) is 4.46. The average Bonchev–Trinajstić information content (AvgIpc) is 3.05. The first-order valence-corrected chi connectivity index (χ1v) is 9.30. The van der Waals surface area contributed by atoms with Crippen LogP contribution in [0.4, 0.5) is 0 Å². The Labute approximate surface area is 147 Å². The number of benzene rings is 2. The molecule has 3 rings (SSSR count). The Morgan fingerprint density at radius 3 is 2.56 bits per heavy atom. The third-order valence-electron chi connectivity index (χ3n) is 3.95. The van der Waals surface area contributed by atoms with E-state index in [1.165, 1.54) is 0 Å². The van der Waals surface area contributed by atoms with Crippen LogP contribution in [0, 0.1) is 20.8 Å². The number of hydrogen-bond donors (Lipinski definition) is 1. The lowest BCUT2D eigenvalue weighted by molar-refractivity contribution is 0.376. The summed E-state index contributed by atoms with van der Waals surface area (Å²) in [6.07, 6.45) is 0. The fraction of sp³-hybridized carbons (Fsp3) is 0.222. The summed E-state index contributed by atoms with van der Waals surface area (Å²) in [7, 11) is -3.64. The molecule has 0 unspecified atom stereocenters. The quantitative estimate of drug-likeness (QED) is 0.758. The second-order valence-electron chi connectivity index (χ2n) is 5.95. The lowest BCUT2D eigenvalue weighted by Gasteiger charge is -2.07. The molecule has 0 aliphatic rings. The number of aryl methyl sites for hydroxylation is 3. The van der Waals surface area contributed by atoms with Crippen LogP contribution in [0.5, 0.6) is 0 Å². The molecule has 0 saturated heterocycles. The van der Waals surface area contributed by atoms with Crippen molar-refractivity contribution in [1.82, 2.24) is 14.9 Å². The molecule has 0 atom stereocenters. The summed E-state index contributed by atoms with van der Waals surface area (Å²) < 4.78 is 32.4. The molecular weight excluding hydrogens is 338 g/mol. The van der Waals surface area contributed by atoms with Crippen LogP contribution in [0.3, 0.4) is 0 Å². The maximum absolute atomic E-state index is 12.4. The highest BCUT2D eigenvalue weighted by Crippen LogP contribution is 2.18. The third-order valence-corrected chi connectivity index (χ3v) is 5.35. The van der Waals surface area contributed by atoms with Crippen molar-refractivity contribution in [3.63, 3.8) is 0 Å². The normalized spacial score (nSPS) is 11.6. The molecule has 2 aromatic carbocycles. The number of nitrogens with zero attached hydrogens (tertiary/aromatic N) is 2. The topological polar surface area (TPSA) is 85.1 Å². The van der Waals surface area contributed by atoms with Crippen LogP contribution >= 0.6 is 0 Å². The SMILES string of the molecule is Cc1cccc(-c2noc(CNS(=O)(=O)c3ccc(C)c(C)c3)n2)c1. The standard InChI is InChI=1S/C18H19N3O3S/c1-12-5-4-6-15(9-12)18-20-17(24-21-18)11-19-25(22,23)16-8-7-13(2)14(3)10-16/h4-10,19H,11H2,1-3H3. The van der Waals surface area contributed by atoms with Crippen molar-refractivity contribution in [1.29, 1.82) is 0 Å². The monoisotopic (exact) mass is 357 g/mol. The first-order valence-electron chi connectivity index (χ1n) is 7.82. The second-order valence-corrected chi connectivity index (χ2v) is 7.72. The molecule has 130 valence electrons. The molecule has 25 heavy (non-hydrogen) atoms. The molecule has 0 amide bonds. The molecule has 3 aromatic rings. The van der Waals surface area contributed by atoms with E-state index < -0.39 is 10.0 Å². The highest BCUT2D eigenvalue weighted by atomic mass is 32.2. The van der Waals surface area contributed by atoms with Crippen molar-refractivity contribution >= 4 is 10.0 Å². The lowest BCUT2D eigenvalue weighted by atomic mass is 10.1. The van der Waals surface area contributed by atoms with E-state index in [0.29, 0.717) is 5.82 Å². The second kappa shape index (κ2) is 6.78. The zero-order chi connectivity index (χ0) is 18.0. The zero-order valence-corrected chi connectivity index (χ0v) is 15.1. The summed E-state index contributed by atoms with van der Waals surface area (Å²) in [5.41, 5.74) is 3.87. The Kier molecular flexibility index (Phi) is 4.69. The van der Waals surface area contributed by atoms with Gasteiger partial charge in [0.1, 0.15) is 0 Å². The van der Waals surface area contributed by atoms with E-state index in [-0.39, 0.29) is 17.3 Å². The van der Waals surface area contributed by atoms with E-state index >= 15 is 0 Å². The molecule has 0 saturated carbocycles. The van der Waals surface area contributed by atoms with Gasteiger partial charge < -0.3 is 4.52 Å². The summed E-state index contributed by atoms with van der Waals surface area (Å²) in [5, 5.41) is 3.91. The first-order chi connectivity index (χ1) is 11.8. The summed E-state index contributed by atoms with van der Waals surface area (Å²) in [5.74, 6) is 0.646. The van der Waals surface area contributed by atoms with Gasteiger partial charge in [0.15, 0.2) is 0 Å². The minimum atomic E-state index is -3.64. The minimum Gasteiger partial charge on any atom is -0.338 e. The van der Waals surface area contributed by atoms with Gasteiger partial charge in [-0.3, -0.25) is 0 Å². The largest absolute Gasteiger partial charge is 0.338 e. The van der Waals surface area contributed by atoms with Crippen molar-refractivity contribution < 1.29 is 12.9 Å². The van der Waals surface area contributed by atoms with Gasteiger partial charge in [-0.2, -0.15) is 4.98 Å². The zero-order valence-electron chi connectivity index (χ0n) is 14.3. The van der Waals surface area contributed by atoms with Gasteiger partial charge in [0.05, 0.1) is 11.4 Å². The number of rotatable bonds is 5. The average molecular weight is 357 g/mol. The smallest absolute Gasteiger partial charge is 0.242 e. The predicted octanol–water partition coefficient (Wildman–Crippen LogP) is 3.14. The van der Waals surface area contributed by atoms with Gasteiger partial charge in [0.25, 0.3) is 0 Å². The fourth-order valence-electron chi connectivity index (χ4n) is 2.35. The predicted molar refractivity (Wildman–Crippen MR) is 94.4 cm³/mol. The number of nitrogens with one attached hydrogen (secondary N) is 1. The highest BCUT2D eigenvalue weighted by Gasteiger charge is 2.17. The maximum atomic E-state index is 12.4. The molecule has 7 heteroatoms. The van der Waals surface area contributed by atoms with Crippen LogP contribution in [0.1, 0.15) is 22.6 Å². The Morgan fingerprint density at radius 1 is 1.04 bits per heavy atom. The number of aromatic nitrogens is 2. The van der Waals surface area contributed by atoms with Crippen LogP contribution in [-0.4, -0.2) is 18.6 Å². The molecule has 0 spiro atoms. The molecule has 0 aliphatic carbocycles. The molecule has 0 radical (unpaired) electrons. The van der Waals surface area contributed by atoms with Crippen LogP contribution < -0.4 is 4.72 Å². The van der Waals surface area contributed by atoms with Gasteiger partial charge >= 0.3 is 0 Å². The van der Waals surface area contributed by atoms with Gasteiger partial charge in [-0.25, -0.2) is 13.1 Å². The van der Waals surface area contributed by atoms with E-state index in [2.05, 4.69) is 14.9 Å². The van der Waals surface area contributed by atoms with Crippen LogP contribution in [0.2, 0.25) is 0 Å². The summed E-state index contributed by atoms with van der Waals surface area (Å²) >= 11 is 0. The maximum Gasteiger partial charge on any atom is 0.242 e. The molecule has 0 bridgehead atoms. The Morgan fingerprint density at radius 2 is 1.84 bits per heavy atom. The van der Waals surface area contributed by atoms with Crippen molar-refractivity contribution in [3.05, 3.63) is 65.0 Å². The summed E-state index contributed by atoms with van der Waals surface area (Å²) in [6, 6.07) is 12.7. The van der Waals surface area contributed by atoms with Crippen LogP contribution in [0.25, 0.3) is 11.4 Å². The van der Waals surface area contributed by atoms with E-state index in [0.717, 1.165) is 22.3 Å². The fourth-order valence-corrected chi connectivity index (χ4v) is 3.41. The van der Waals surface area contributed by atoms with E-state index in [9.17, 15) is 8.42 Å². The Balaban J connectivity index is 1.74. The van der Waals surface area contributed by atoms with E-state index in [4.69, 9.17) is 4.52 Å². The van der Waals surface area contributed by atoms with Crippen molar-refractivity contribution in [2.75, 3.05) is 0 Å². The molecule has 6 nitrogen and oxygen atoms in total. The lowest BCUT2D eigenvalue weighted by Crippen LogP contribution is -2.23. The van der Waals surface area contributed by atoms with Gasteiger partial charge in [-0.05, 0) is 50.1 Å². The third kappa shape index (κ3) is 3.94. The molecule has 1 N–H and O–H groups in total.